The first kappa shape index (κ1) is 16.1. The summed E-state index contributed by atoms with van der Waals surface area (Å²) in [4.78, 5) is 14.4. The summed E-state index contributed by atoms with van der Waals surface area (Å²) < 4.78 is 0. The van der Waals surface area contributed by atoms with E-state index >= 15 is 0 Å². The molecule has 2 aromatic rings. The molecule has 2 aliphatic heterocycles. The molecule has 0 aliphatic carbocycles. The van der Waals surface area contributed by atoms with Gasteiger partial charge in [0.1, 0.15) is 5.60 Å². The van der Waals surface area contributed by atoms with Crippen molar-refractivity contribution in [3.05, 3.63) is 65.2 Å². The SMILES string of the molecule is O=C(Nc1ccc2c(c1)CNC2)N1CCC[C@](O)(c2ccccc2)C1. The Balaban J connectivity index is 1.47. The molecule has 130 valence electrons. The summed E-state index contributed by atoms with van der Waals surface area (Å²) in [6.07, 6.45) is 1.46. The number of hydrogen-bond donors (Lipinski definition) is 3. The molecule has 2 amide bonds. The van der Waals surface area contributed by atoms with Crippen LogP contribution in [0.1, 0.15) is 29.5 Å². The Labute approximate surface area is 147 Å². The number of aliphatic hydroxyl groups is 1. The molecule has 4 rings (SSSR count). The topological polar surface area (TPSA) is 64.6 Å². The largest absolute Gasteiger partial charge is 0.383 e. The van der Waals surface area contributed by atoms with Gasteiger partial charge in [0, 0.05) is 25.3 Å². The highest BCUT2D eigenvalue weighted by Crippen LogP contribution is 2.31. The predicted octanol–water partition coefficient (Wildman–Crippen LogP) is 2.81. The summed E-state index contributed by atoms with van der Waals surface area (Å²) in [5.74, 6) is 0. The first-order valence-electron chi connectivity index (χ1n) is 8.80. The number of nitrogens with one attached hydrogen (secondary N) is 2. The van der Waals surface area contributed by atoms with Gasteiger partial charge in [0.15, 0.2) is 0 Å². The molecule has 1 atom stereocenters. The summed E-state index contributed by atoms with van der Waals surface area (Å²) in [5, 5.41) is 17.3. The molecule has 3 N–H and O–H groups in total. The number of likely N-dealkylation sites (tertiary alicyclic amines) is 1. The fraction of sp³-hybridized carbons (Fsp3) is 0.350. The maximum atomic E-state index is 12.7. The summed E-state index contributed by atoms with van der Waals surface area (Å²) in [7, 11) is 0. The molecule has 0 bridgehead atoms. The zero-order chi connectivity index (χ0) is 17.3. The third kappa shape index (κ3) is 3.25. The van der Waals surface area contributed by atoms with E-state index in [0.717, 1.165) is 30.8 Å². The normalized spacial score (nSPS) is 22.5. The fourth-order valence-corrected chi connectivity index (χ4v) is 3.77. The molecule has 0 spiro atoms. The van der Waals surface area contributed by atoms with Gasteiger partial charge in [0.05, 0.1) is 6.54 Å². The van der Waals surface area contributed by atoms with E-state index in [1.807, 2.05) is 42.5 Å². The van der Waals surface area contributed by atoms with Gasteiger partial charge in [-0.2, -0.15) is 0 Å². The molecular formula is C20H23N3O2. The van der Waals surface area contributed by atoms with Gasteiger partial charge in [-0.25, -0.2) is 4.79 Å². The summed E-state index contributed by atoms with van der Waals surface area (Å²) >= 11 is 0. The standard InChI is InChI=1S/C20H23N3O2/c24-19(22-18-8-7-15-12-21-13-16(15)11-18)23-10-4-9-20(25,14-23)17-5-2-1-3-6-17/h1-3,5-8,11,21,25H,4,9-10,12-14H2,(H,22,24)/t20-/m1/s1. The smallest absolute Gasteiger partial charge is 0.321 e. The molecule has 1 saturated heterocycles. The Morgan fingerprint density at radius 1 is 1.12 bits per heavy atom. The van der Waals surface area contributed by atoms with Crippen molar-refractivity contribution >= 4 is 11.7 Å². The van der Waals surface area contributed by atoms with Crippen molar-refractivity contribution in [1.82, 2.24) is 10.2 Å². The molecule has 5 nitrogen and oxygen atoms in total. The predicted molar refractivity (Wildman–Crippen MR) is 97.2 cm³/mol. The average Bonchev–Trinajstić information content (AvgIpc) is 3.10. The highest BCUT2D eigenvalue weighted by atomic mass is 16.3. The number of nitrogens with zero attached hydrogens (tertiary/aromatic N) is 1. The van der Waals surface area contributed by atoms with E-state index in [-0.39, 0.29) is 6.03 Å². The lowest BCUT2D eigenvalue weighted by atomic mass is 9.86. The average molecular weight is 337 g/mol. The Bertz CT molecular complexity index is 778. The molecule has 2 aliphatic rings. The Kier molecular flexibility index (Phi) is 4.19. The second kappa shape index (κ2) is 6.50. The molecule has 25 heavy (non-hydrogen) atoms. The number of urea groups is 1. The van der Waals surface area contributed by atoms with Crippen molar-refractivity contribution < 1.29 is 9.90 Å². The van der Waals surface area contributed by atoms with Crippen molar-refractivity contribution in [2.24, 2.45) is 0 Å². The molecule has 2 heterocycles. The molecule has 0 radical (unpaired) electrons. The highest BCUT2D eigenvalue weighted by Gasteiger charge is 2.36. The lowest BCUT2D eigenvalue weighted by molar-refractivity contribution is -0.0214. The first-order valence-corrected chi connectivity index (χ1v) is 8.80. The zero-order valence-electron chi connectivity index (χ0n) is 14.2. The maximum absolute atomic E-state index is 12.7. The van der Waals surface area contributed by atoms with Crippen molar-refractivity contribution in [3.63, 3.8) is 0 Å². The Morgan fingerprint density at radius 3 is 2.76 bits per heavy atom. The molecule has 0 unspecified atom stereocenters. The van der Waals surface area contributed by atoms with Crippen molar-refractivity contribution in [3.8, 4) is 0 Å². The number of amides is 2. The second-order valence-corrected chi connectivity index (χ2v) is 6.94. The van der Waals surface area contributed by atoms with Gasteiger partial charge in [0.2, 0.25) is 0 Å². The maximum Gasteiger partial charge on any atom is 0.321 e. The van der Waals surface area contributed by atoms with Crippen LogP contribution < -0.4 is 10.6 Å². The lowest BCUT2D eigenvalue weighted by Gasteiger charge is -2.39. The van der Waals surface area contributed by atoms with Crippen molar-refractivity contribution in [2.45, 2.75) is 31.5 Å². The van der Waals surface area contributed by atoms with Gasteiger partial charge >= 0.3 is 6.03 Å². The van der Waals surface area contributed by atoms with E-state index in [9.17, 15) is 9.90 Å². The fourth-order valence-electron chi connectivity index (χ4n) is 3.77. The zero-order valence-corrected chi connectivity index (χ0v) is 14.2. The van der Waals surface area contributed by atoms with E-state index in [1.54, 1.807) is 4.90 Å². The van der Waals surface area contributed by atoms with Crippen LogP contribution in [0, 0.1) is 0 Å². The van der Waals surface area contributed by atoms with Gasteiger partial charge in [0.25, 0.3) is 0 Å². The van der Waals surface area contributed by atoms with Crippen LogP contribution in [0.25, 0.3) is 0 Å². The van der Waals surface area contributed by atoms with Crippen LogP contribution in [0.2, 0.25) is 0 Å². The lowest BCUT2D eigenvalue weighted by Crippen LogP contribution is -2.49. The summed E-state index contributed by atoms with van der Waals surface area (Å²) in [5.41, 5.74) is 3.22. The Morgan fingerprint density at radius 2 is 1.92 bits per heavy atom. The first-order chi connectivity index (χ1) is 12.1. The number of carbonyl (C=O) groups is 1. The number of benzene rings is 2. The van der Waals surface area contributed by atoms with Crippen LogP contribution in [0.15, 0.2) is 48.5 Å². The van der Waals surface area contributed by atoms with Crippen LogP contribution in [-0.2, 0) is 18.7 Å². The molecule has 0 aromatic heterocycles. The number of carbonyl (C=O) groups excluding carboxylic acids is 1. The third-order valence-electron chi connectivity index (χ3n) is 5.16. The van der Waals surface area contributed by atoms with Crippen molar-refractivity contribution in [1.29, 1.82) is 0 Å². The van der Waals surface area contributed by atoms with Crippen LogP contribution >= 0.6 is 0 Å². The minimum atomic E-state index is -0.974. The van der Waals surface area contributed by atoms with Gasteiger partial charge < -0.3 is 20.6 Å². The highest BCUT2D eigenvalue weighted by molar-refractivity contribution is 5.89. The van der Waals surface area contributed by atoms with E-state index < -0.39 is 5.60 Å². The van der Waals surface area contributed by atoms with Crippen LogP contribution in [-0.4, -0.2) is 29.1 Å². The van der Waals surface area contributed by atoms with Gasteiger partial charge in [-0.3, -0.25) is 0 Å². The number of anilines is 1. The molecule has 0 saturated carbocycles. The quantitative estimate of drug-likeness (QED) is 0.789. The van der Waals surface area contributed by atoms with Crippen LogP contribution in [0.5, 0.6) is 0 Å². The van der Waals surface area contributed by atoms with Crippen LogP contribution in [0.4, 0.5) is 10.5 Å². The summed E-state index contributed by atoms with van der Waals surface area (Å²) in [6, 6.07) is 15.5. The van der Waals surface area contributed by atoms with E-state index in [0.29, 0.717) is 19.5 Å². The molecular weight excluding hydrogens is 314 g/mol. The minimum absolute atomic E-state index is 0.153. The van der Waals surface area contributed by atoms with Gasteiger partial charge in [-0.15, -0.1) is 0 Å². The molecule has 5 heteroatoms. The number of hydrogen-bond acceptors (Lipinski definition) is 3. The van der Waals surface area contributed by atoms with Crippen LogP contribution in [0.3, 0.4) is 0 Å². The second-order valence-electron chi connectivity index (χ2n) is 6.94. The van der Waals surface area contributed by atoms with E-state index in [2.05, 4.69) is 16.7 Å². The third-order valence-corrected chi connectivity index (χ3v) is 5.16. The number of piperidine rings is 1. The van der Waals surface area contributed by atoms with E-state index in [4.69, 9.17) is 0 Å². The minimum Gasteiger partial charge on any atom is -0.383 e. The van der Waals surface area contributed by atoms with Gasteiger partial charge in [-0.1, -0.05) is 36.4 Å². The number of fused-ring (bicyclic) bond motifs is 1. The van der Waals surface area contributed by atoms with E-state index in [1.165, 1.54) is 11.1 Å². The Hall–Kier alpha value is -2.37. The molecule has 2 aromatic carbocycles. The number of rotatable bonds is 2. The van der Waals surface area contributed by atoms with Gasteiger partial charge in [-0.05, 0) is 41.7 Å². The summed E-state index contributed by atoms with van der Waals surface area (Å²) in [6.45, 7) is 2.71. The number of β-amino-alcohol motifs (C(OH)–C–C–N with tert-alkyl or cyclic N) is 1. The van der Waals surface area contributed by atoms with Crippen molar-refractivity contribution in [2.75, 3.05) is 18.4 Å². The monoisotopic (exact) mass is 337 g/mol. The molecule has 1 fully saturated rings.